The van der Waals surface area contributed by atoms with Crippen molar-refractivity contribution < 1.29 is 14.6 Å². The van der Waals surface area contributed by atoms with Gasteiger partial charge < -0.3 is 15.2 Å². The standard InChI is InChI=1S/C12H23NO3/c1-16-12(15)7-11(14)9-13-8-10-5-3-2-4-6-10/h10-11,13-14H,2-9H2,1H3. The molecule has 4 heteroatoms. The van der Waals surface area contributed by atoms with Crippen LogP contribution >= 0.6 is 0 Å². The van der Waals surface area contributed by atoms with Gasteiger partial charge in [0.15, 0.2) is 0 Å². The third-order valence-corrected chi connectivity index (χ3v) is 3.17. The highest BCUT2D eigenvalue weighted by atomic mass is 16.5. The van der Waals surface area contributed by atoms with Crippen LogP contribution in [0.15, 0.2) is 0 Å². The SMILES string of the molecule is COC(=O)CC(O)CNCC1CCCCC1. The normalized spacial score (nSPS) is 19.4. The lowest BCUT2D eigenvalue weighted by molar-refractivity contribution is -0.142. The highest BCUT2D eigenvalue weighted by Crippen LogP contribution is 2.22. The highest BCUT2D eigenvalue weighted by Gasteiger charge is 2.14. The van der Waals surface area contributed by atoms with Gasteiger partial charge in [0.1, 0.15) is 0 Å². The lowest BCUT2D eigenvalue weighted by Crippen LogP contribution is -2.33. The molecule has 1 aliphatic rings. The monoisotopic (exact) mass is 229 g/mol. The van der Waals surface area contributed by atoms with Gasteiger partial charge in [0.25, 0.3) is 0 Å². The zero-order valence-electron chi connectivity index (χ0n) is 10.1. The first-order chi connectivity index (χ1) is 7.72. The number of carbonyl (C=O) groups excluding carboxylic acids is 1. The molecule has 0 aromatic carbocycles. The number of hydrogen-bond donors (Lipinski definition) is 2. The van der Waals surface area contributed by atoms with E-state index in [-0.39, 0.29) is 12.4 Å². The van der Waals surface area contributed by atoms with E-state index in [1.165, 1.54) is 39.2 Å². The number of rotatable bonds is 6. The highest BCUT2D eigenvalue weighted by molar-refractivity contribution is 5.69. The van der Waals surface area contributed by atoms with Crippen molar-refractivity contribution in [1.82, 2.24) is 5.32 Å². The number of carbonyl (C=O) groups is 1. The van der Waals surface area contributed by atoms with Crippen LogP contribution in [-0.4, -0.2) is 37.4 Å². The van der Waals surface area contributed by atoms with E-state index in [2.05, 4.69) is 10.1 Å². The van der Waals surface area contributed by atoms with Gasteiger partial charge in [0.2, 0.25) is 0 Å². The third kappa shape index (κ3) is 5.47. The van der Waals surface area contributed by atoms with Crippen LogP contribution in [0.3, 0.4) is 0 Å². The minimum Gasteiger partial charge on any atom is -0.469 e. The lowest BCUT2D eigenvalue weighted by atomic mass is 9.89. The molecular weight excluding hydrogens is 206 g/mol. The summed E-state index contributed by atoms with van der Waals surface area (Å²) in [6.07, 6.45) is 6.06. The zero-order chi connectivity index (χ0) is 11.8. The zero-order valence-corrected chi connectivity index (χ0v) is 10.1. The fourth-order valence-corrected chi connectivity index (χ4v) is 2.19. The number of hydrogen-bond acceptors (Lipinski definition) is 4. The minimum atomic E-state index is -0.629. The van der Waals surface area contributed by atoms with Crippen LogP contribution in [0, 0.1) is 5.92 Å². The molecule has 4 nitrogen and oxygen atoms in total. The smallest absolute Gasteiger partial charge is 0.308 e. The molecule has 1 fully saturated rings. The maximum atomic E-state index is 10.9. The summed E-state index contributed by atoms with van der Waals surface area (Å²) in [5.41, 5.74) is 0. The van der Waals surface area contributed by atoms with Crippen molar-refractivity contribution in [2.75, 3.05) is 20.2 Å². The van der Waals surface area contributed by atoms with E-state index in [0.29, 0.717) is 6.54 Å². The van der Waals surface area contributed by atoms with Crippen LogP contribution in [0.25, 0.3) is 0 Å². The molecule has 0 heterocycles. The predicted octanol–water partition coefficient (Wildman–Crippen LogP) is 1.08. The Bertz CT molecular complexity index is 202. The van der Waals surface area contributed by atoms with Gasteiger partial charge in [0.05, 0.1) is 19.6 Å². The molecule has 1 atom stereocenters. The Balaban J connectivity index is 2.03. The van der Waals surface area contributed by atoms with Crippen LogP contribution in [-0.2, 0) is 9.53 Å². The molecule has 0 aromatic heterocycles. The molecule has 1 aliphatic carbocycles. The molecule has 0 amide bonds. The second-order valence-electron chi connectivity index (χ2n) is 4.60. The fraction of sp³-hybridized carbons (Fsp3) is 0.917. The summed E-state index contributed by atoms with van der Waals surface area (Å²) in [5.74, 6) is 0.394. The molecule has 1 saturated carbocycles. The van der Waals surface area contributed by atoms with Crippen LogP contribution < -0.4 is 5.32 Å². The second kappa shape index (κ2) is 7.63. The predicted molar refractivity (Wildman–Crippen MR) is 62.1 cm³/mol. The van der Waals surface area contributed by atoms with Gasteiger partial charge >= 0.3 is 5.97 Å². The number of ether oxygens (including phenoxy) is 1. The van der Waals surface area contributed by atoms with Crippen molar-refractivity contribution >= 4 is 5.97 Å². The maximum Gasteiger partial charge on any atom is 0.308 e. The molecule has 1 unspecified atom stereocenters. The topological polar surface area (TPSA) is 58.6 Å². The van der Waals surface area contributed by atoms with Crippen molar-refractivity contribution in [3.8, 4) is 0 Å². The first kappa shape index (κ1) is 13.5. The molecular formula is C12H23NO3. The number of aliphatic hydroxyl groups is 1. The Labute approximate surface area is 97.4 Å². The molecule has 0 aliphatic heterocycles. The van der Waals surface area contributed by atoms with Gasteiger partial charge in [0, 0.05) is 6.54 Å². The van der Waals surface area contributed by atoms with Gasteiger partial charge in [-0.25, -0.2) is 0 Å². The molecule has 0 spiro atoms. The van der Waals surface area contributed by atoms with E-state index in [1.807, 2.05) is 0 Å². The molecule has 1 rings (SSSR count). The van der Waals surface area contributed by atoms with E-state index in [9.17, 15) is 9.90 Å². The minimum absolute atomic E-state index is 0.0775. The summed E-state index contributed by atoms with van der Waals surface area (Å²) in [4.78, 5) is 10.9. The molecule has 2 N–H and O–H groups in total. The van der Waals surface area contributed by atoms with E-state index < -0.39 is 6.10 Å². The average Bonchev–Trinajstić information content (AvgIpc) is 2.30. The Morgan fingerprint density at radius 2 is 2.12 bits per heavy atom. The Hall–Kier alpha value is -0.610. The Kier molecular flexibility index (Phi) is 6.42. The number of esters is 1. The molecule has 0 aromatic rings. The van der Waals surface area contributed by atoms with E-state index >= 15 is 0 Å². The largest absolute Gasteiger partial charge is 0.469 e. The van der Waals surface area contributed by atoms with Crippen molar-refractivity contribution in [1.29, 1.82) is 0 Å². The summed E-state index contributed by atoms with van der Waals surface area (Å²) < 4.78 is 4.49. The van der Waals surface area contributed by atoms with Crippen molar-refractivity contribution in [3.05, 3.63) is 0 Å². The molecule has 0 radical (unpaired) electrons. The van der Waals surface area contributed by atoms with Gasteiger partial charge in [-0.2, -0.15) is 0 Å². The molecule has 94 valence electrons. The van der Waals surface area contributed by atoms with Gasteiger partial charge in [-0.1, -0.05) is 19.3 Å². The van der Waals surface area contributed by atoms with Crippen LogP contribution in [0.1, 0.15) is 38.5 Å². The first-order valence-electron chi connectivity index (χ1n) is 6.18. The summed E-state index contributed by atoms with van der Waals surface area (Å²) in [5, 5.41) is 12.7. The van der Waals surface area contributed by atoms with Crippen LogP contribution in [0.5, 0.6) is 0 Å². The quantitative estimate of drug-likeness (QED) is 0.669. The number of nitrogens with one attached hydrogen (secondary N) is 1. The van der Waals surface area contributed by atoms with Crippen LogP contribution in [0.4, 0.5) is 0 Å². The fourth-order valence-electron chi connectivity index (χ4n) is 2.19. The average molecular weight is 229 g/mol. The molecule has 0 saturated heterocycles. The van der Waals surface area contributed by atoms with E-state index in [0.717, 1.165) is 12.5 Å². The summed E-state index contributed by atoms with van der Waals surface area (Å²) in [6.45, 7) is 1.43. The maximum absolute atomic E-state index is 10.9. The molecule has 0 bridgehead atoms. The Morgan fingerprint density at radius 3 is 2.75 bits per heavy atom. The number of methoxy groups -OCH3 is 1. The number of aliphatic hydroxyl groups excluding tert-OH is 1. The summed E-state index contributed by atoms with van der Waals surface area (Å²) in [6, 6.07) is 0. The van der Waals surface area contributed by atoms with Gasteiger partial charge in [-0.05, 0) is 25.3 Å². The molecule has 16 heavy (non-hydrogen) atoms. The van der Waals surface area contributed by atoms with Crippen LogP contribution in [0.2, 0.25) is 0 Å². The van der Waals surface area contributed by atoms with Gasteiger partial charge in [-0.3, -0.25) is 4.79 Å². The second-order valence-corrected chi connectivity index (χ2v) is 4.60. The Morgan fingerprint density at radius 1 is 1.44 bits per heavy atom. The van der Waals surface area contributed by atoms with Gasteiger partial charge in [-0.15, -0.1) is 0 Å². The lowest BCUT2D eigenvalue weighted by Gasteiger charge is -2.22. The van der Waals surface area contributed by atoms with Crippen molar-refractivity contribution in [2.24, 2.45) is 5.92 Å². The van der Waals surface area contributed by atoms with E-state index in [1.54, 1.807) is 0 Å². The third-order valence-electron chi connectivity index (χ3n) is 3.17. The first-order valence-corrected chi connectivity index (χ1v) is 6.18. The van der Waals surface area contributed by atoms with E-state index in [4.69, 9.17) is 0 Å². The summed E-state index contributed by atoms with van der Waals surface area (Å²) in [7, 11) is 1.34. The summed E-state index contributed by atoms with van der Waals surface area (Å²) >= 11 is 0. The van der Waals surface area contributed by atoms with Crippen molar-refractivity contribution in [3.63, 3.8) is 0 Å². The van der Waals surface area contributed by atoms with Crippen molar-refractivity contribution in [2.45, 2.75) is 44.6 Å².